The molecule has 1 aliphatic heterocycles. The van der Waals surface area contributed by atoms with E-state index >= 15 is 0 Å². The van der Waals surface area contributed by atoms with Crippen molar-refractivity contribution in [1.82, 2.24) is 19.8 Å². The average molecular weight is 317 g/mol. The first-order valence-electron chi connectivity index (χ1n) is 8.35. The number of aromatic nitrogens is 2. The van der Waals surface area contributed by atoms with Crippen LogP contribution in [-0.4, -0.2) is 65.6 Å². The first-order chi connectivity index (χ1) is 11.3. The SMILES string of the molecule is CCN1CCN(CCCNc2ncnc3ccc(F)cc23)CC1. The van der Waals surface area contributed by atoms with Crippen molar-refractivity contribution in [3.8, 4) is 0 Å². The summed E-state index contributed by atoms with van der Waals surface area (Å²) < 4.78 is 13.4. The number of hydrogen-bond acceptors (Lipinski definition) is 5. The van der Waals surface area contributed by atoms with Crippen LogP contribution in [0.5, 0.6) is 0 Å². The lowest BCUT2D eigenvalue weighted by Gasteiger charge is -2.34. The van der Waals surface area contributed by atoms with Gasteiger partial charge in [0.05, 0.1) is 5.52 Å². The van der Waals surface area contributed by atoms with Crippen LogP contribution in [0, 0.1) is 5.82 Å². The Labute approximate surface area is 136 Å². The molecule has 6 heteroatoms. The van der Waals surface area contributed by atoms with E-state index in [4.69, 9.17) is 0 Å². The summed E-state index contributed by atoms with van der Waals surface area (Å²) in [5, 5.41) is 4.06. The summed E-state index contributed by atoms with van der Waals surface area (Å²) in [6.45, 7) is 9.91. The van der Waals surface area contributed by atoms with Gasteiger partial charge in [0.1, 0.15) is 18.0 Å². The predicted molar refractivity (Wildman–Crippen MR) is 91.2 cm³/mol. The minimum absolute atomic E-state index is 0.260. The van der Waals surface area contributed by atoms with E-state index in [-0.39, 0.29) is 5.82 Å². The highest BCUT2D eigenvalue weighted by Crippen LogP contribution is 2.19. The lowest BCUT2D eigenvalue weighted by molar-refractivity contribution is 0.137. The molecule has 0 amide bonds. The van der Waals surface area contributed by atoms with E-state index in [1.165, 1.54) is 31.5 Å². The molecule has 0 radical (unpaired) electrons. The smallest absolute Gasteiger partial charge is 0.137 e. The molecule has 0 unspecified atom stereocenters. The van der Waals surface area contributed by atoms with Crippen molar-refractivity contribution in [2.45, 2.75) is 13.3 Å². The molecule has 2 heterocycles. The molecule has 1 aromatic carbocycles. The zero-order valence-corrected chi connectivity index (χ0v) is 13.6. The number of nitrogens with zero attached hydrogens (tertiary/aromatic N) is 4. The highest BCUT2D eigenvalue weighted by atomic mass is 19.1. The van der Waals surface area contributed by atoms with Crippen LogP contribution in [0.1, 0.15) is 13.3 Å². The van der Waals surface area contributed by atoms with Crippen molar-refractivity contribution in [3.63, 3.8) is 0 Å². The van der Waals surface area contributed by atoms with Crippen LogP contribution in [0.4, 0.5) is 10.2 Å². The van der Waals surface area contributed by atoms with Gasteiger partial charge in [-0.25, -0.2) is 14.4 Å². The molecule has 1 fully saturated rings. The van der Waals surface area contributed by atoms with Crippen LogP contribution in [0.15, 0.2) is 24.5 Å². The van der Waals surface area contributed by atoms with Gasteiger partial charge in [0.15, 0.2) is 0 Å². The lowest BCUT2D eigenvalue weighted by Crippen LogP contribution is -2.46. The number of anilines is 1. The molecular formula is C17H24FN5. The van der Waals surface area contributed by atoms with Crippen LogP contribution in [0.2, 0.25) is 0 Å². The van der Waals surface area contributed by atoms with Gasteiger partial charge in [-0.3, -0.25) is 0 Å². The van der Waals surface area contributed by atoms with Gasteiger partial charge >= 0.3 is 0 Å². The second kappa shape index (κ2) is 7.66. The van der Waals surface area contributed by atoms with Gasteiger partial charge in [-0.2, -0.15) is 0 Å². The van der Waals surface area contributed by atoms with Crippen LogP contribution in [0.3, 0.4) is 0 Å². The van der Waals surface area contributed by atoms with E-state index in [9.17, 15) is 4.39 Å². The lowest BCUT2D eigenvalue weighted by atomic mass is 10.2. The quantitative estimate of drug-likeness (QED) is 0.828. The van der Waals surface area contributed by atoms with Crippen molar-refractivity contribution in [2.75, 3.05) is 51.1 Å². The number of likely N-dealkylation sites (N-methyl/N-ethyl adjacent to an activating group) is 1. The summed E-state index contributed by atoms with van der Waals surface area (Å²) in [6, 6.07) is 4.60. The standard InChI is InChI=1S/C17H24FN5/c1-2-22-8-10-23(11-9-22)7-3-6-19-17-15-12-14(18)4-5-16(15)20-13-21-17/h4-5,12-13H,2-3,6-11H2,1H3,(H,19,20,21). The van der Waals surface area contributed by atoms with E-state index in [1.807, 2.05) is 0 Å². The summed E-state index contributed by atoms with van der Waals surface area (Å²) in [4.78, 5) is 13.4. The monoisotopic (exact) mass is 317 g/mol. The Kier molecular flexibility index (Phi) is 5.35. The second-order valence-corrected chi connectivity index (χ2v) is 5.94. The van der Waals surface area contributed by atoms with Gasteiger partial charge in [-0.05, 0) is 37.7 Å². The summed E-state index contributed by atoms with van der Waals surface area (Å²) in [6.07, 6.45) is 2.57. The molecule has 0 saturated carbocycles. The van der Waals surface area contributed by atoms with Gasteiger partial charge in [0.25, 0.3) is 0 Å². The maximum atomic E-state index is 13.4. The molecule has 5 nitrogen and oxygen atoms in total. The maximum Gasteiger partial charge on any atom is 0.137 e. The molecule has 0 aliphatic carbocycles. The van der Waals surface area contributed by atoms with Gasteiger partial charge < -0.3 is 15.1 Å². The van der Waals surface area contributed by atoms with Crippen LogP contribution in [0.25, 0.3) is 10.9 Å². The molecule has 0 atom stereocenters. The van der Waals surface area contributed by atoms with Crippen molar-refractivity contribution >= 4 is 16.7 Å². The minimum Gasteiger partial charge on any atom is -0.369 e. The van der Waals surface area contributed by atoms with E-state index in [0.29, 0.717) is 5.82 Å². The van der Waals surface area contributed by atoms with Gasteiger partial charge in [0.2, 0.25) is 0 Å². The number of nitrogens with one attached hydrogen (secondary N) is 1. The van der Waals surface area contributed by atoms with Crippen molar-refractivity contribution in [2.24, 2.45) is 0 Å². The average Bonchev–Trinajstić information content (AvgIpc) is 2.59. The largest absolute Gasteiger partial charge is 0.369 e. The van der Waals surface area contributed by atoms with Gasteiger partial charge in [-0.1, -0.05) is 6.92 Å². The Morgan fingerprint density at radius 1 is 1.13 bits per heavy atom. The number of piperazine rings is 1. The minimum atomic E-state index is -0.260. The second-order valence-electron chi connectivity index (χ2n) is 5.94. The number of halogens is 1. The Bertz CT molecular complexity index is 640. The third kappa shape index (κ3) is 4.14. The molecule has 2 aromatic rings. The fourth-order valence-electron chi connectivity index (χ4n) is 3.01. The van der Waals surface area contributed by atoms with Crippen LogP contribution in [-0.2, 0) is 0 Å². The Morgan fingerprint density at radius 2 is 1.91 bits per heavy atom. The highest BCUT2D eigenvalue weighted by molar-refractivity contribution is 5.88. The maximum absolute atomic E-state index is 13.4. The number of benzene rings is 1. The first-order valence-corrected chi connectivity index (χ1v) is 8.35. The summed E-state index contributed by atoms with van der Waals surface area (Å²) in [7, 11) is 0. The molecular weight excluding hydrogens is 293 g/mol. The topological polar surface area (TPSA) is 44.3 Å². The van der Waals surface area contributed by atoms with Gasteiger partial charge in [0, 0.05) is 38.1 Å². The molecule has 1 N–H and O–H groups in total. The fraction of sp³-hybridized carbons (Fsp3) is 0.529. The van der Waals surface area contributed by atoms with E-state index in [2.05, 4.69) is 32.0 Å². The first kappa shape index (κ1) is 16.1. The Balaban J connectivity index is 1.49. The van der Waals surface area contributed by atoms with Crippen molar-refractivity contribution in [3.05, 3.63) is 30.3 Å². The molecule has 0 bridgehead atoms. The van der Waals surface area contributed by atoms with Gasteiger partial charge in [-0.15, -0.1) is 0 Å². The normalized spacial score (nSPS) is 16.8. The third-order valence-electron chi connectivity index (χ3n) is 4.45. The molecule has 1 saturated heterocycles. The molecule has 23 heavy (non-hydrogen) atoms. The zero-order chi connectivity index (χ0) is 16.1. The fourth-order valence-corrected chi connectivity index (χ4v) is 3.01. The number of rotatable bonds is 6. The van der Waals surface area contributed by atoms with Crippen molar-refractivity contribution in [1.29, 1.82) is 0 Å². The van der Waals surface area contributed by atoms with E-state index in [1.54, 1.807) is 6.07 Å². The zero-order valence-electron chi connectivity index (χ0n) is 13.6. The van der Waals surface area contributed by atoms with Crippen LogP contribution >= 0.6 is 0 Å². The molecule has 1 aromatic heterocycles. The molecule has 3 rings (SSSR count). The Hall–Kier alpha value is -1.79. The third-order valence-corrected chi connectivity index (χ3v) is 4.45. The molecule has 0 spiro atoms. The summed E-state index contributed by atoms with van der Waals surface area (Å²) in [5.74, 6) is 0.453. The van der Waals surface area contributed by atoms with Crippen molar-refractivity contribution < 1.29 is 4.39 Å². The highest BCUT2D eigenvalue weighted by Gasteiger charge is 2.14. The number of fused-ring (bicyclic) bond motifs is 1. The number of hydrogen-bond donors (Lipinski definition) is 1. The molecule has 124 valence electrons. The van der Waals surface area contributed by atoms with E-state index < -0.39 is 0 Å². The summed E-state index contributed by atoms with van der Waals surface area (Å²) >= 11 is 0. The van der Waals surface area contributed by atoms with E-state index in [0.717, 1.165) is 50.0 Å². The predicted octanol–water partition coefficient (Wildman–Crippen LogP) is 2.21. The Morgan fingerprint density at radius 3 is 2.70 bits per heavy atom. The van der Waals surface area contributed by atoms with Crippen LogP contribution < -0.4 is 5.32 Å². The summed E-state index contributed by atoms with van der Waals surface area (Å²) in [5.41, 5.74) is 0.764. The molecule has 1 aliphatic rings.